The lowest BCUT2D eigenvalue weighted by atomic mass is 9.63. The molecule has 0 amide bonds. The number of likely N-dealkylation sites (N-methyl/N-ethyl adjacent to an activating group) is 1. The number of hydrogen-bond acceptors (Lipinski definition) is 2. The summed E-state index contributed by atoms with van der Waals surface area (Å²) in [5, 5.41) is 0. The van der Waals surface area contributed by atoms with Crippen LogP contribution in [0.2, 0.25) is 0 Å². The smallest absolute Gasteiger partial charge is 0.0334 e. The molecule has 110 valence electrons. The molecule has 0 spiro atoms. The molecule has 0 aromatic carbocycles. The molecule has 3 saturated carbocycles. The summed E-state index contributed by atoms with van der Waals surface area (Å²) in [6.45, 7) is 6.89. The van der Waals surface area contributed by atoms with E-state index in [1.54, 1.807) is 0 Å². The van der Waals surface area contributed by atoms with Crippen LogP contribution in [0, 0.1) is 29.6 Å². The largest absolute Gasteiger partial charge is 0.329 e. The topological polar surface area (TPSA) is 29.3 Å². The van der Waals surface area contributed by atoms with Gasteiger partial charge in [0.1, 0.15) is 0 Å². The van der Waals surface area contributed by atoms with Gasteiger partial charge in [-0.25, -0.2) is 0 Å². The Labute approximate surface area is 119 Å². The fourth-order valence-corrected chi connectivity index (χ4v) is 5.17. The van der Waals surface area contributed by atoms with Gasteiger partial charge in [-0.3, -0.25) is 4.90 Å². The van der Waals surface area contributed by atoms with E-state index in [4.69, 9.17) is 5.73 Å². The Morgan fingerprint density at radius 3 is 2.42 bits per heavy atom. The quantitative estimate of drug-likeness (QED) is 0.826. The monoisotopic (exact) mass is 264 g/mol. The fourth-order valence-electron chi connectivity index (χ4n) is 5.17. The maximum Gasteiger partial charge on any atom is 0.0334 e. The zero-order chi connectivity index (χ0) is 13.6. The lowest BCUT2D eigenvalue weighted by Crippen LogP contribution is -2.62. The Bertz CT molecular complexity index is 319. The summed E-state index contributed by atoms with van der Waals surface area (Å²) < 4.78 is 0. The van der Waals surface area contributed by atoms with Crippen molar-refractivity contribution in [1.29, 1.82) is 0 Å². The van der Waals surface area contributed by atoms with Gasteiger partial charge in [0, 0.05) is 18.6 Å². The molecule has 0 aromatic rings. The summed E-state index contributed by atoms with van der Waals surface area (Å²) in [5.41, 5.74) is 6.48. The van der Waals surface area contributed by atoms with Crippen LogP contribution < -0.4 is 5.73 Å². The molecular formula is C17H32N2. The number of fused-ring (bicyclic) bond motifs is 2. The molecule has 0 aliphatic heterocycles. The van der Waals surface area contributed by atoms with E-state index in [9.17, 15) is 0 Å². The van der Waals surface area contributed by atoms with Gasteiger partial charge in [-0.15, -0.1) is 0 Å². The molecule has 0 radical (unpaired) electrons. The van der Waals surface area contributed by atoms with Crippen LogP contribution in [0.4, 0.5) is 0 Å². The molecule has 0 heterocycles. The first-order valence-electron chi connectivity index (χ1n) is 8.45. The van der Waals surface area contributed by atoms with E-state index < -0.39 is 0 Å². The Kier molecular flexibility index (Phi) is 3.68. The van der Waals surface area contributed by atoms with Crippen LogP contribution in [0.1, 0.15) is 52.4 Å². The van der Waals surface area contributed by atoms with Gasteiger partial charge in [0.15, 0.2) is 0 Å². The van der Waals surface area contributed by atoms with Gasteiger partial charge in [-0.1, -0.05) is 20.3 Å². The highest BCUT2D eigenvalue weighted by Gasteiger charge is 2.48. The number of hydrogen-bond donors (Lipinski definition) is 1. The van der Waals surface area contributed by atoms with Gasteiger partial charge in [0.2, 0.25) is 0 Å². The molecule has 19 heavy (non-hydrogen) atoms. The van der Waals surface area contributed by atoms with Gasteiger partial charge in [-0.2, -0.15) is 0 Å². The second-order valence-corrected chi connectivity index (χ2v) is 8.16. The first-order valence-corrected chi connectivity index (χ1v) is 8.45. The van der Waals surface area contributed by atoms with Crippen LogP contribution in [-0.4, -0.2) is 30.6 Å². The molecule has 2 nitrogen and oxygen atoms in total. The average molecular weight is 264 g/mol. The Balaban J connectivity index is 1.56. The van der Waals surface area contributed by atoms with Crippen molar-refractivity contribution in [2.24, 2.45) is 35.3 Å². The van der Waals surface area contributed by atoms with Crippen molar-refractivity contribution < 1.29 is 0 Å². The highest BCUT2D eigenvalue weighted by molar-refractivity contribution is 5.04. The molecule has 3 rings (SSSR count). The summed E-state index contributed by atoms with van der Waals surface area (Å²) in [6, 6.07) is 0. The van der Waals surface area contributed by atoms with Crippen LogP contribution in [-0.2, 0) is 0 Å². The van der Waals surface area contributed by atoms with E-state index in [1.165, 1.54) is 45.1 Å². The summed E-state index contributed by atoms with van der Waals surface area (Å²) in [7, 11) is 2.34. The first kappa shape index (κ1) is 13.9. The third-order valence-electron chi connectivity index (χ3n) is 6.81. The predicted molar refractivity (Wildman–Crippen MR) is 80.9 cm³/mol. The molecule has 0 saturated heterocycles. The second-order valence-electron chi connectivity index (χ2n) is 8.16. The van der Waals surface area contributed by atoms with Crippen LogP contribution in [0.3, 0.4) is 0 Å². The minimum Gasteiger partial charge on any atom is -0.329 e. The molecule has 2 bridgehead atoms. The Morgan fingerprint density at radius 2 is 1.95 bits per heavy atom. The number of nitrogens with zero attached hydrogens (tertiary/aromatic N) is 1. The zero-order valence-electron chi connectivity index (χ0n) is 13.1. The van der Waals surface area contributed by atoms with Gasteiger partial charge in [-0.05, 0) is 68.7 Å². The van der Waals surface area contributed by atoms with Crippen molar-refractivity contribution in [2.45, 2.75) is 57.9 Å². The summed E-state index contributed by atoms with van der Waals surface area (Å²) in [4.78, 5) is 2.65. The van der Waals surface area contributed by atoms with E-state index >= 15 is 0 Å². The fraction of sp³-hybridized carbons (Fsp3) is 1.00. The maximum absolute atomic E-state index is 6.14. The third-order valence-corrected chi connectivity index (χ3v) is 6.81. The Morgan fingerprint density at radius 1 is 1.21 bits per heavy atom. The number of nitrogens with two attached hydrogens (primary N) is 1. The van der Waals surface area contributed by atoms with Gasteiger partial charge < -0.3 is 5.73 Å². The van der Waals surface area contributed by atoms with Gasteiger partial charge in [0.25, 0.3) is 0 Å². The van der Waals surface area contributed by atoms with Crippen molar-refractivity contribution >= 4 is 0 Å². The van der Waals surface area contributed by atoms with Gasteiger partial charge >= 0.3 is 0 Å². The van der Waals surface area contributed by atoms with E-state index in [0.29, 0.717) is 5.54 Å². The normalized spacial score (nSPS) is 45.2. The van der Waals surface area contributed by atoms with Crippen LogP contribution in [0.15, 0.2) is 0 Å². The SMILES string of the molecule is CC(C)C1CC(CN)(N(C)CC2CC3CCC2C3)C1. The van der Waals surface area contributed by atoms with Crippen LogP contribution >= 0.6 is 0 Å². The zero-order valence-corrected chi connectivity index (χ0v) is 13.1. The number of rotatable bonds is 5. The van der Waals surface area contributed by atoms with E-state index in [2.05, 4.69) is 25.8 Å². The Hall–Kier alpha value is -0.0800. The van der Waals surface area contributed by atoms with Crippen molar-refractivity contribution in [2.75, 3.05) is 20.1 Å². The minimum atomic E-state index is 0.344. The summed E-state index contributed by atoms with van der Waals surface area (Å²) in [6.07, 6.45) is 8.72. The standard InChI is InChI=1S/C17H32N2/c1-12(2)16-8-17(9-16,11-18)19(3)10-15-7-13-4-5-14(15)6-13/h12-16H,4-11,18H2,1-3H3. The molecule has 2 heteroatoms. The highest BCUT2D eigenvalue weighted by Crippen LogP contribution is 2.50. The first-order chi connectivity index (χ1) is 9.04. The van der Waals surface area contributed by atoms with Crippen LogP contribution in [0.5, 0.6) is 0 Å². The third kappa shape index (κ3) is 2.35. The predicted octanol–water partition coefficient (Wildman–Crippen LogP) is 3.12. The maximum atomic E-state index is 6.14. The molecule has 3 unspecified atom stereocenters. The van der Waals surface area contributed by atoms with E-state index in [0.717, 1.165) is 36.1 Å². The molecule has 3 fully saturated rings. The van der Waals surface area contributed by atoms with Crippen molar-refractivity contribution in [1.82, 2.24) is 4.90 Å². The minimum absolute atomic E-state index is 0.344. The molecule has 2 N–H and O–H groups in total. The van der Waals surface area contributed by atoms with E-state index in [1.807, 2.05) is 0 Å². The van der Waals surface area contributed by atoms with Crippen molar-refractivity contribution in [3.63, 3.8) is 0 Å². The summed E-state index contributed by atoms with van der Waals surface area (Å²) >= 11 is 0. The molecule has 0 aromatic heterocycles. The molecule has 3 aliphatic carbocycles. The lowest BCUT2D eigenvalue weighted by molar-refractivity contribution is -0.0309. The van der Waals surface area contributed by atoms with Crippen molar-refractivity contribution in [3.05, 3.63) is 0 Å². The highest BCUT2D eigenvalue weighted by atomic mass is 15.2. The lowest BCUT2D eigenvalue weighted by Gasteiger charge is -2.55. The average Bonchev–Trinajstić information content (AvgIpc) is 2.89. The second kappa shape index (κ2) is 5.04. The molecular weight excluding hydrogens is 232 g/mol. The molecule has 3 aliphatic rings. The summed E-state index contributed by atoms with van der Waals surface area (Å²) in [5.74, 6) is 4.83. The van der Waals surface area contributed by atoms with Crippen LogP contribution in [0.25, 0.3) is 0 Å². The molecule has 3 atom stereocenters. The van der Waals surface area contributed by atoms with Crippen molar-refractivity contribution in [3.8, 4) is 0 Å². The van der Waals surface area contributed by atoms with Gasteiger partial charge in [0.05, 0.1) is 0 Å². The van der Waals surface area contributed by atoms with E-state index in [-0.39, 0.29) is 0 Å².